The molecule has 1 saturated heterocycles. The Labute approximate surface area is 125 Å². The number of rotatable bonds is 2. The molecular formula is C15H23N5O. The molecule has 2 aliphatic rings. The predicted molar refractivity (Wildman–Crippen MR) is 80.9 cm³/mol. The van der Waals surface area contributed by atoms with Gasteiger partial charge in [0.1, 0.15) is 17.5 Å². The van der Waals surface area contributed by atoms with Gasteiger partial charge < -0.3 is 15.7 Å². The highest BCUT2D eigenvalue weighted by atomic mass is 16.3. The lowest BCUT2D eigenvalue weighted by molar-refractivity contribution is 0.100. The minimum Gasteiger partial charge on any atom is -0.391 e. The quantitative estimate of drug-likeness (QED) is 0.810. The standard InChI is InChI=1S/C15H23N5O/c16-10-11-14(17)20(12-6-2-1-3-7-13(12)21)18-15(11)19-8-4-5-9-19/h12-13,21H,1-9,17H2. The first-order chi connectivity index (χ1) is 10.2. The van der Waals surface area contributed by atoms with Crippen LogP contribution >= 0.6 is 0 Å². The number of nitrogen functional groups attached to an aromatic ring is 1. The highest BCUT2D eigenvalue weighted by Crippen LogP contribution is 2.34. The first kappa shape index (κ1) is 14.2. The van der Waals surface area contributed by atoms with Crippen molar-refractivity contribution in [3.63, 3.8) is 0 Å². The summed E-state index contributed by atoms with van der Waals surface area (Å²) in [6.45, 7) is 1.86. The monoisotopic (exact) mass is 289 g/mol. The number of nitrogens with two attached hydrogens (primary N) is 1. The van der Waals surface area contributed by atoms with Crippen LogP contribution in [-0.2, 0) is 0 Å². The maximum Gasteiger partial charge on any atom is 0.170 e. The van der Waals surface area contributed by atoms with E-state index < -0.39 is 6.10 Å². The number of hydrogen-bond donors (Lipinski definition) is 2. The van der Waals surface area contributed by atoms with Crippen molar-refractivity contribution in [3.05, 3.63) is 5.56 Å². The van der Waals surface area contributed by atoms with E-state index in [1.807, 2.05) is 0 Å². The van der Waals surface area contributed by atoms with E-state index in [4.69, 9.17) is 5.73 Å². The molecule has 114 valence electrons. The second-order valence-electron chi connectivity index (χ2n) is 6.11. The minimum atomic E-state index is -0.423. The number of aliphatic hydroxyl groups excluding tert-OH is 1. The molecule has 3 rings (SSSR count). The fourth-order valence-electron chi connectivity index (χ4n) is 3.50. The van der Waals surface area contributed by atoms with Crippen LogP contribution in [-0.4, -0.2) is 34.1 Å². The molecular weight excluding hydrogens is 266 g/mol. The third-order valence-corrected chi connectivity index (χ3v) is 4.70. The Kier molecular flexibility index (Phi) is 4.02. The Bertz CT molecular complexity index is 541. The van der Waals surface area contributed by atoms with Gasteiger partial charge in [-0.25, -0.2) is 4.68 Å². The molecule has 0 spiro atoms. The van der Waals surface area contributed by atoms with E-state index in [2.05, 4.69) is 16.1 Å². The van der Waals surface area contributed by atoms with Gasteiger partial charge in [0, 0.05) is 13.1 Å². The molecule has 0 amide bonds. The van der Waals surface area contributed by atoms with Crippen LogP contribution < -0.4 is 10.6 Å². The van der Waals surface area contributed by atoms with E-state index in [0.29, 0.717) is 17.2 Å². The number of anilines is 2. The van der Waals surface area contributed by atoms with Crippen LogP contribution in [0.1, 0.15) is 56.6 Å². The lowest BCUT2D eigenvalue weighted by atomic mass is 10.1. The normalized spacial score (nSPS) is 26.6. The Morgan fingerprint density at radius 3 is 2.57 bits per heavy atom. The van der Waals surface area contributed by atoms with Crippen molar-refractivity contribution in [1.82, 2.24) is 9.78 Å². The number of aromatic nitrogens is 2. The van der Waals surface area contributed by atoms with Gasteiger partial charge in [0.2, 0.25) is 0 Å². The van der Waals surface area contributed by atoms with Gasteiger partial charge >= 0.3 is 0 Å². The van der Waals surface area contributed by atoms with Gasteiger partial charge in [0.25, 0.3) is 0 Å². The van der Waals surface area contributed by atoms with Crippen molar-refractivity contribution in [3.8, 4) is 6.07 Å². The highest BCUT2D eigenvalue weighted by Gasteiger charge is 2.30. The Hall–Kier alpha value is -1.74. The Balaban J connectivity index is 1.96. The summed E-state index contributed by atoms with van der Waals surface area (Å²) in [6.07, 6.45) is 6.74. The average Bonchev–Trinajstić information content (AvgIpc) is 3.05. The molecule has 2 fully saturated rings. The summed E-state index contributed by atoms with van der Waals surface area (Å²) in [6, 6.07) is 2.10. The Morgan fingerprint density at radius 1 is 1.14 bits per heavy atom. The second kappa shape index (κ2) is 5.94. The molecule has 1 saturated carbocycles. The summed E-state index contributed by atoms with van der Waals surface area (Å²) in [5.41, 5.74) is 6.63. The van der Waals surface area contributed by atoms with Gasteiger partial charge in [-0.15, -0.1) is 0 Å². The molecule has 1 aromatic rings. The number of nitriles is 1. The van der Waals surface area contributed by atoms with Crippen molar-refractivity contribution >= 4 is 11.6 Å². The maximum absolute atomic E-state index is 10.4. The van der Waals surface area contributed by atoms with E-state index in [9.17, 15) is 10.4 Å². The first-order valence-corrected chi connectivity index (χ1v) is 7.93. The van der Waals surface area contributed by atoms with Gasteiger partial charge in [-0.1, -0.05) is 19.3 Å². The van der Waals surface area contributed by atoms with Crippen LogP contribution in [0, 0.1) is 11.3 Å². The molecule has 1 aliphatic heterocycles. The first-order valence-electron chi connectivity index (χ1n) is 7.93. The Morgan fingerprint density at radius 2 is 1.86 bits per heavy atom. The predicted octanol–water partition coefficient (Wildman–Crippen LogP) is 1.80. The SMILES string of the molecule is N#Cc1c(N2CCCC2)nn(C2CCCCCC2O)c1N. The van der Waals surface area contributed by atoms with Gasteiger partial charge in [-0.2, -0.15) is 10.4 Å². The molecule has 6 heteroatoms. The fourth-order valence-corrected chi connectivity index (χ4v) is 3.50. The van der Waals surface area contributed by atoms with Crippen LogP contribution in [0.15, 0.2) is 0 Å². The summed E-state index contributed by atoms with van der Waals surface area (Å²) < 4.78 is 1.71. The molecule has 21 heavy (non-hydrogen) atoms. The number of hydrogen-bond acceptors (Lipinski definition) is 5. The summed E-state index contributed by atoms with van der Waals surface area (Å²) >= 11 is 0. The summed E-state index contributed by atoms with van der Waals surface area (Å²) in [5, 5.41) is 24.4. The van der Waals surface area contributed by atoms with Crippen molar-refractivity contribution in [1.29, 1.82) is 5.26 Å². The van der Waals surface area contributed by atoms with Crippen molar-refractivity contribution in [2.75, 3.05) is 23.7 Å². The van der Waals surface area contributed by atoms with Crippen LogP contribution in [0.25, 0.3) is 0 Å². The van der Waals surface area contributed by atoms with Gasteiger partial charge in [-0.3, -0.25) is 0 Å². The average molecular weight is 289 g/mol. The van der Waals surface area contributed by atoms with Gasteiger partial charge in [-0.05, 0) is 25.7 Å². The van der Waals surface area contributed by atoms with Crippen LogP contribution in [0.5, 0.6) is 0 Å². The zero-order chi connectivity index (χ0) is 14.8. The molecule has 2 unspecified atom stereocenters. The number of nitrogens with zero attached hydrogens (tertiary/aromatic N) is 4. The van der Waals surface area contributed by atoms with E-state index in [-0.39, 0.29) is 6.04 Å². The lowest BCUT2D eigenvalue weighted by Crippen LogP contribution is -2.25. The molecule has 2 heterocycles. The topological polar surface area (TPSA) is 91.1 Å². The molecule has 0 aromatic carbocycles. The minimum absolute atomic E-state index is 0.101. The fraction of sp³-hybridized carbons (Fsp3) is 0.733. The molecule has 6 nitrogen and oxygen atoms in total. The molecule has 1 aromatic heterocycles. The maximum atomic E-state index is 10.4. The molecule has 2 atom stereocenters. The molecule has 0 radical (unpaired) electrons. The van der Waals surface area contributed by atoms with E-state index in [0.717, 1.165) is 58.0 Å². The summed E-state index contributed by atoms with van der Waals surface area (Å²) in [7, 11) is 0. The molecule has 1 aliphatic carbocycles. The van der Waals surface area contributed by atoms with Crippen LogP contribution in [0.4, 0.5) is 11.6 Å². The van der Waals surface area contributed by atoms with E-state index >= 15 is 0 Å². The summed E-state index contributed by atoms with van der Waals surface area (Å²) in [4.78, 5) is 2.13. The smallest absolute Gasteiger partial charge is 0.170 e. The van der Waals surface area contributed by atoms with Crippen LogP contribution in [0.3, 0.4) is 0 Å². The van der Waals surface area contributed by atoms with Crippen molar-refractivity contribution < 1.29 is 5.11 Å². The van der Waals surface area contributed by atoms with Crippen molar-refractivity contribution in [2.45, 2.75) is 57.1 Å². The molecule has 0 bridgehead atoms. The highest BCUT2D eigenvalue weighted by molar-refractivity contribution is 5.65. The third-order valence-electron chi connectivity index (χ3n) is 4.70. The number of aliphatic hydroxyl groups is 1. The zero-order valence-electron chi connectivity index (χ0n) is 12.3. The van der Waals surface area contributed by atoms with Gasteiger partial charge in [0.15, 0.2) is 5.82 Å². The largest absolute Gasteiger partial charge is 0.391 e. The van der Waals surface area contributed by atoms with Gasteiger partial charge in [0.05, 0.1) is 12.1 Å². The molecule has 3 N–H and O–H groups in total. The lowest BCUT2D eigenvalue weighted by Gasteiger charge is -2.22. The zero-order valence-corrected chi connectivity index (χ0v) is 12.3. The second-order valence-corrected chi connectivity index (χ2v) is 6.11. The van der Waals surface area contributed by atoms with Crippen LogP contribution in [0.2, 0.25) is 0 Å². The third kappa shape index (κ3) is 2.58. The van der Waals surface area contributed by atoms with E-state index in [1.165, 1.54) is 0 Å². The van der Waals surface area contributed by atoms with Crippen molar-refractivity contribution in [2.24, 2.45) is 0 Å². The van der Waals surface area contributed by atoms with E-state index in [1.54, 1.807) is 4.68 Å². The summed E-state index contributed by atoms with van der Waals surface area (Å²) in [5.74, 6) is 1.11.